The van der Waals surface area contributed by atoms with Crippen LogP contribution in [0.5, 0.6) is 0 Å². The van der Waals surface area contributed by atoms with Gasteiger partial charge in [0.25, 0.3) is 8.43 Å². The topological polar surface area (TPSA) is 6.48 Å². The third kappa shape index (κ3) is 4.02. The number of nitrogens with zero attached hydrogens (tertiary/aromatic N) is 2. The summed E-state index contributed by atoms with van der Waals surface area (Å²) in [7, 11) is -2.58. The summed E-state index contributed by atoms with van der Waals surface area (Å²) in [5.74, 6) is 0. The molecule has 0 radical (unpaired) electrons. The smallest absolute Gasteiger partial charge is 0.285 e. The van der Waals surface area contributed by atoms with Crippen molar-refractivity contribution in [2.45, 2.75) is 40.4 Å². The second-order valence-corrected chi connectivity index (χ2v) is 13.1. The Hall–Kier alpha value is 0.644. The van der Waals surface area contributed by atoms with Crippen LogP contribution < -0.4 is 0 Å². The van der Waals surface area contributed by atoms with Crippen molar-refractivity contribution in [2.24, 2.45) is 0 Å². The maximum absolute atomic E-state index is 6.62. The summed E-state index contributed by atoms with van der Waals surface area (Å²) in [4.78, 5) is 0. The highest BCUT2D eigenvalue weighted by Gasteiger charge is 2.32. The fourth-order valence-corrected chi connectivity index (χ4v) is 10.8. The molecule has 14 heavy (non-hydrogen) atoms. The van der Waals surface area contributed by atoms with Crippen molar-refractivity contribution in [2.75, 3.05) is 19.6 Å². The second kappa shape index (κ2) is 6.28. The number of rotatable bonds is 6. The van der Waals surface area contributed by atoms with E-state index in [1.165, 1.54) is 0 Å². The van der Waals surface area contributed by atoms with Gasteiger partial charge in [0.05, 0.1) is 0 Å². The van der Waals surface area contributed by atoms with Gasteiger partial charge >= 0.3 is 0 Å². The molecule has 1 atom stereocenters. The lowest BCUT2D eigenvalue weighted by atomic mass is 10.7. The van der Waals surface area contributed by atoms with Crippen LogP contribution in [-0.2, 0) is 0 Å². The van der Waals surface area contributed by atoms with Crippen molar-refractivity contribution in [3.05, 3.63) is 0 Å². The van der Waals surface area contributed by atoms with E-state index in [-0.39, 0.29) is 0 Å². The Balaban J connectivity index is 4.52. The molecule has 86 valence electrons. The van der Waals surface area contributed by atoms with E-state index in [2.05, 4.69) is 49.2 Å². The predicted octanol–water partition coefficient (Wildman–Crippen LogP) is 2.44. The molecule has 0 aliphatic rings. The molecule has 0 aliphatic heterocycles. The Morgan fingerprint density at radius 3 is 1.64 bits per heavy atom. The predicted molar refractivity (Wildman–Crippen MR) is 71.6 cm³/mol. The quantitative estimate of drug-likeness (QED) is 0.529. The molecule has 0 amide bonds. The van der Waals surface area contributed by atoms with Gasteiger partial charge in [-0.05, 0) is 19.6 Å². The van der Waals surface area contributed by atoms with Gasteiger partial charge in [0.2, 0.25) is 0 Å². The summed E-state index contributed by atoms with van der Waals surface area (Å²) in [6.45, 7) is 17.0. The molecule has 2 nitrogen and oxygen atoms in total. The van der Waals surface area contributed by atoms with Gasteiger partial charge in [-0.1, -0.05) is 40.4 Å². The van der Waals surface area contributed by atoms with Crippen LogP contribution in [0.1, 0.15) is 20.8 Å². The summed E-state index contributed by atoms with van der Waals surface area (Å²) in [6, 6.07) is 0. The van der Waals surface area contributed by atoms with E-state index in [0.29, 0.717) is 0 Å². The summed E-state index contributed by atoms with van der Waals surface area (Å²) in [5, 5.41) is 0. The third-order valence-corrected chi connectivity index (χ3v) is 11.9. The minimum atomic E-state index is -1.36. The molecule has 5 heteroatoms. The van der Waals surface area contributed by atoms with Gasteiger partial charge in [-0.25, -0.2) is 0 Å². The van der Waals surface area contributed by atoms with Gasteiger partial charge in [-0.2, -0.15) is 0 Å². The number of hydrogen-bond acceptors (Lipinski definition) is 2. The zero-order valence-electron chi connectivity index (χ0n) is 10.5. The number of halogens is 1. The molecule has 1 unspecified atom stereocenters. The Labute approximate surface area is 96.8 Å². The first kappa shape index (κ1) is 14.6. The molecule has 0 N–H and O–H groups in total. The van der Waals surface area contributed by atoms with E-state index in [1.54, 1.807) is 0 Å². The van der Waals surface area contributed by atoms with E-state index < -0.39 is 16.7 Å². The average molecular weight is 253 g/mol. The zero-order valence-corrected chi connectivity index (χ0v) is 13.4. The lowest BCUT2D eigenvalue weighted by Gasteiger charge is -2.40. The highest BCUT2D eigenvalue weighted by atomic mass is 35.6. The fraction of sp³-hybridized carbons (Fsp3) is 1.00. The largest absolute Gasteiger partial charge is 0.324 e. The molecule has 0 aromatic rings. The van der Waals surface area contributed by atoms with Gasteiger partial charge in [0.1, 0.15) is 8.24 Å². The fourth-order valence-electron chi connectivity index (χ4n) is 1.67. The van der Waals surface area contributed by atoms with Crippen molar-refractivity contribution in [1.82, 2.24) is 8.80 Å². The molecule has 0 rings (SSSR count). The third-order valence-electron chi connectivity index (χ3n) is 2.57. The van der Waals surface area contributed by atoms with E-state index in [9.17, 15) is 0 Å². The SMILES string of the molecule is CCN(CC)[SiH](Cl)N(CC)[Si](C)(C)C. The molecule has 0 bridgehead atoms. The van der Waals surface area contributed by atoms with Crippen LogP contribution in [0.4, 0.5) is 0 Å². The van der Waals surface area contributed by atoms with Crippen LogP contribution >= 0.6 is 11.1 Å². The molecule has 0 aliphatic carbocycles. The van der Waals surface area contributed by atoms with Gasteiger partial charge in [-0.3, -0.25) is 0 Å². The Morgan fingerprint density at radius 1 is 1.00 bits per heavy atom. The van der Waals surface area contributed by atoms with Crippen molar-refractivity contribution in [1.29, 1.82) is 0 Å². The van der Waals surface area contributed by atoms with Gasteiger partial charge in [0, 0.05) is 0 Å². The lowest BCUT2D eigenvalue weighted by molar-refractivity contribution is 0.449. The standard InChI is InChI=1S/C9H25ClN2Si2/c1-7-11(8-2)13(10)12(9-3)14(4,5)6/h13H,7-9H2,1-6H3. The van der Waals surface area contributed by atoms with E-state index >= 15 is 0 Å². The minimum absolute atomic E-state index is 1.08. The summed E-state index contributed by atoms with van der Waals surface area (Å²) in [5.41, 5.74) is 0. The minimum Gasteiger partial charge on any atom is -0.324 e. The van der Waals surface area contributed by atoms with Crippen LogP contribution in [0.3, 0.4) is 0 Å². The van der Waals surface area contributed by atoms with Crippen molar-refractivity contribution >= 4 is 27.7 Å². The van der Waals surface area contributed by atoms with Crippen LogP contribution in [0.2, 0.25) is 19.6 Å². The van der Waals surface area contributed by atoms with E-state index in [4.69, 9.17) is 11.1 Å². The van der Waals surface area contributed by atoms with Crippen molar-refractivity contribution in [3.8, 4) is 0 Å². The molecule has 0 spiro atoms. The molecular weight excluding hydrogens is 228 g/mol. The maximum Gasteiger partial charge on any atom is 0.285 e. The van der Waals surface area contributed by atoms with Gasteiger partial charge in [-0.15, -0.1) is 11.1 Å². The molecular formula is C9H25ClN2Si2. The Kier molecular flexibility index (Phi) is 6.56. The Bertz CT molecular complexity index is 157. The number of hydrogen-bond donors (Lipinski definition) is 0. The molecule has 0 aromatic carbocycles. The highest BCUT2D eigenvalue weighted by Crippen LogP contribution is 2.15. The first-order chi connectivity index (χ1) is 6.38. The first-order valence-corrected chi connectivity index (χ1v) is 11.8. The second-order valence-electron chi connectivity index (χ2n) is 4.49. The molecule has 0 fully saturated rings. The zero-order chi connectivity index (χ0) is 11.4. The average Bonchev–Trinajstić information content (AvgIpc) is 2.05. The van der Waals surface area contributed by atoms with Crippen molar-refractivity contribution < 1.29 is 0 Å². The summed E-state index contributed by atoms with van der Waals surface area (Å²) in [6.07, 6.45) is 0. The van der Waals surface area contributed by atoms with Crippen LogP contribution in [0, 0.1) is 0 Å². The van der Waals surface area contributed by atoms with Gasteiger partial charge in [0.15, 0.2) is 0 Å². The first-order valence-electron chi connectivity index (χ1n) is 5.53. The molecule has 0 heterocycles. The lowest BCUT2D eigenvalue weighted by Crippen LogP contribution is -2.59. The normalized spacial score (nSPS) is 15.2. The van der Waals surface area contributed by atoms with Crippen LogP contribution in [0.25, 0.3) is 0 Å². The highest BCUT2D eigenvalue weighted by molar-refractivity contribution is 7.08. The van der Waals surface area contributed by atoms with E-state index in [0.717, 1.165) is 19.6 Å². The molecule has 0 saturated heterocycles. The van der Waals surface area contributed by atoms with Crippen LogP contribution in [-0.4, -0.2) is 45.1 Å². The van der Waals surface area contributed by atoms with Gasteiger partial charge < -0.3 is 8.80 Å². The summed E-state index contributed by atoms with van der Waals surface area (Å²) >= 11 is 6.62. The maximum atomic E-state index is 6.62. The molecule has 0 saturated carbocycles. The molecule has 0 aromatic heterocycles. The van der Waals surface area contributed by atoms with E-state index in [1.807, 2.05) is 0 Å². The Morgan fingerprint density at radius 2 is 1.43 bits per heavy atom. The monoisotopic (exact) mass is 252 g/mol. The van der Waals surface area contributed by atoms with Crippen LogP contribution in [0.15, 0.2) is 0 Å². The summed E-state index contributed by atoms with van der Waals surface area (Å²) < 4.78 is 5.02. The van der Waals surface area contributed by atoms with Crippen molar-refractivity contribution in [3.63, 3.8) is 0 Å².